The first-order valence-electron chi connectivity index (χ1n) is 8.24. The summed E-state index contributed by atoms with van der Waals surface area (Å²) in [5, 5.41) is 12.2. The van der Waals surface area contributed by atoms with Crippen LogP contribution in [-0.4, -0.2) is 34.1 Å². The molecule has 0 bridgehead atoms. The molecule has 24 heavy (non-hydrogen) atoms. The van der Waals surface area contributed by atoms with Gasteiger partial charge in [0.05, 0.1) is 5.56 Å². The average molecular weight is 328 g/mol. The highest BCUT2D eigenvalue weighted by atomic mass is 16.4. The van der Waals surface area contributed by atoms with E-state index in [2.05, 4.69) is 34.0 Å². The molecule has 2 aromatic rings. The smallest absolute Gasteiger partial charge is 0.335 e. The predicted octanol–water partition coefficient (Wildman–Crippen LogP) is 3.85. The Morgan fingerprint density at radius 3 is 2.29 bits per heavy atom. The third-order valence-electron chi connectivity index (χ3n) is 3.54. The Balaban J connectivity index is 2.22. The second-order valence-corrected chi connectivity index (χ2v) is 5.65. The Kier molecular flexibility index (Phi) is 6.12. The molecule has 0 atom stereocenters. The summed E-state index contributed by atoms with van der Waals surface area (Å²) in [7, 11) is 0. The quantitative estimate of drug-likeness (QED) is 0.766. The maximum Gasteiger partial charge on any atom is 0.335 e. The SMILES string of the molecule is CCCN(CCC)c1cc(Nc2ccc(C(=O)O)cc2)nc(C)n1. The summed E-state index contributed by atoms with van der Waals surface area (Å²) in [6.07, 6.45) is 2.12. The van der Waals surface area contributed by atoms with Crippen LogP contribution in [0, 0.1) is 6.92 Å². The van der Waals surface area contributed by atoms with Crippen LogP contribution in [0.3, 0.4) is 0 Å². The van der Waals surface area contributed by atoms with Crippen LogP contribution < -0.4 is 10.2 Å². The van der Waals surface area contributed by atoms with Crippen molar-refractivity contribution >= 4 is 23.3 Å². The number of hydrogen-bond acceptors (Lipinski definition) is 5. The number of aryl methyl sites for hydroxylation is 1. The normalized spacial score (nSPS) is 10.5. The molecule has 6 nitrogen and oxygen atoms in total. The Bertz CT molecular complexity index is 680. The number of aromatic nitrogens is 2. The zero-order valence-corrected chi connectivity index (χ0v) is 14.4. The third-order valence-corrected chi connectivity index (χ3v) is 3.54. The average Bonchev–Trinajstić information content (AvgIpc) is 2.54. The summed E-state index contributed by atoms with van der Waals surface area (Å²) < 4.78 is 0. The molecule has 128 valence electrons. The van der Waals surface area contributed by atoms with E-state index in [9.17, 15) is 4.79 Å². The number of rotatable bonds is 8. The highest BCUT2D eigenvalue weighted by Crippen LogP contribution is 2.20. The molecule has 0 spiro atoms. The molecule has 0 aliphatic heterocycles. The lowest BCUT2D eigenvalue weighted by atomic mass is 10.2. The van der Waals surface area contributed by atoms with Crippen molar-refractivity contribution in [3.8, 4) is 0 Å². The monoisotopic (exact) mass is 328 g/mol. The topological polar surface area (TPSA) is 78.4 Å². The van der Waals surface area contributed by atoms with Gasteiger partial charge in [-0.2, -0.15) is 0 Å². The molecule has 0 unspecified atom stereocenters. The number of hydrogen-bond donors (Lipinski definition) is 2. The highest BCUT2D eigenvalue weighted by molar-refractivity contribution is 5.88. The van der Waals surface area contributed by atoms with Gasteiger partial charge in [0.1, 0.15) is 17.5 Å². The van der Waals surface area contributed by atoms with Crippen molar-refractivity contribution in [2.24, 2.45) is 0 Å². The predicted molar refractivity (Wildman–Crippen MR) is 96.2 cm³/mol. The van der Waals surface area contributed by atoms with Crippen LogP contribution in [0.5, 0.6) is 0 Å². The molecule has 1 heterocycles. The van der Waals surface area contributed by atoms with E-state index in [0.29, 0.717) is 11.6 Å². The molecule has 1 aromatic heterocycles. The molecule has 0 amide bonds. The minimum absolute atomic E-state index is 0.261. The fourth-order valence-electron chi connectivity index (χ4n) is 2.50. The van der Waals surface area contributed by atoms with Crippen molar-refractivity contribution in [1.29, 1.82) is 0 Å². The number of carboxylic acid groups (broad SMARTS) is 1. The van der Waals surface area contributed by atoms with E-state index < -0.39 is 5.97 Å². The first-order valence-corrected chi connectivity index (χ1v) is 8.24. The van der Waals surface area contributed by atoms with Crippen molar-refractivity contribution in [2.75, 3.05) is 23.3 Å². The summed E-state index contributed by atoms with van der Waals surface area (Å²) in [6.45, 7) is 8.09. The molecule has 0 aliphatic carbocycles. The van der Waals surface area contributed by atoms with Gasteiger partial charge in [-0.25, -0.2) is 14.8 Å². The molecule has 2 N–H and O–H groups in total. The minimum Gasteiger partial charge on any atom is -0.478 e. The lowest BCUT2D eigenvalue weighted by molar-refractivity contribution is 0.0697. The lowest BCUT2D eigenvalue weighted by Gasteiger charge is -2.23. The van der Waals surface area contributed by atoms with Gasteiger partial charge < -0.3 is 15.3 Å². The van der Waals surface area contributed by atoms with Crippen molar-refractivity contribution in [3.05, 3.63) is 41.7 Å². The van der Waals surface area contributed by atoms with Gasteiger partial charge in [-0.1, -0.05) is 13.8 Å². The van der Waals surface area contributed by atoms with Gasteiger partial charge in [-0.3, -0.25) is 0 Å². The van der Waals surface area contributed by atoms with Gasteiger partial charge in [0, 0.05) is 24.8 Å². The Morgan fingerprint density at radius 2 is 1.75 bits per heavy atom. The largest absolute Gasteiger partial charge is 0.478 e. The van der Waals surface area contributed by atoms with Crippen LogP contribution >= 0.6 is 0 Å². The molecule has 0 radical (unpaired) electrons. The van der Waals surface area contributed by atoms with Crippen LogP contribution in [0.1, 0.15) is 42.9 Å². The number of nitrogens with zero attached hydrogens (tertiary/aromatic N) is 3. The van der Waals surface area contributed by atoms with E-state index in [1.54, 1.807) is 24.3 Å². The molecule has 0 aliphatic rings. The summed E-state index contributed by atoms with van der Waals surface area (Å²) in [5.41, 5.74) is 1.05. The number of carbonyl (C=O) groups is 1. The molecule has 0 saturated carbocycles. The Hall–Kier alpha value is -2.63. The van der Waals surface area contributed by atoms with Gasteiger partial charge in [0.15, 0.2) is 0 Å². The van der Waals surface area contributed by atoms with E-state index >= 15 is 0 Å². The molecule has 1 aromatic carbocycles. The standard InChI is InChI=1S/C18H24N4O2/c1-4-10-22(11-5-2)17-12-16(19-13(3)20-17)21-15-8-6-14(7-9-15)18(23)24/h6-9,12H,4-5,10-11H2,1-3H3,(H,23,24)(H,19,20,21). The van der Waals surface area contributed by atoms with Gasteiger partial charge in [0.2, 0.25) is 0 Å². The molecule has 0 saturated heterocycles. The van der Waals surface area contributed by atoms with E-state index in [4.69, 9.17) is 5.11 Å². The van der Waals surface area contributed by atoms with E-state index in [-0.39, 0.29) is 5.56 Å². The summed E-state index contributed by atoms with van der Waals surface area (Å²) in [6, 6.07) is 8.54. The number of anilines is 3. The van der Waals surface area contributed by atoms with Crippen LogP contribution in [-0.2, 0) is 0 Å². The summed E-state index contributed by atoms with van der Waals surface area (Å²) in [4.78, 5) is 22.1. The molecule has 2 rings (SSSR count). The third kappa shape index (κ3) is 4.68. The number of aromatic carboxylic acids is 1. The van der Waals surface area contributed by atoms with Crippen LogP contribution in [0.15, 0.2) is 30.3 Å². The Morgan fingerprint density at radius 1 is 1.12 bits per heavy atom. The van der Waals surface area contributed by atoms with E-state index in [1.165, 1.54) is 0 Å². The summed E-state index contributed by atoms with van der Waals surface area (Å²) in [5.74, 6) is 1.39. The second kappa shape index (κ2) is 8.29. The Labute approximate surface area is 142 Å². The minimum atomic E-state index is -0.934. The van der Waals surface area contributed by atoms with Crippen LogP contribution in [0.4, 0.5) is 17.3 Å². The van der Waals surface area contributed by atoms with E-state index in [0.717, 1.165) is 37.4 Å². The molecule has 6 heteroatoms. The van der Waals surface area contributed by atoms with Crippen molar-refractivity contribution < 1.29 is 9.90 Å². The number of benzene rings is 1. The number of nitrogens with one attached hydrogen (secondary N) is 1. The zero-order valence-electron chi connectivity index (χ0n) is 14.4. The van der Waals surface area contributed by atoms with Crippen LogP contribution in [0.2, 0.25) is 0 Å². The maximum atomic E-state index is 10.9. The van der Waals surface area contributed by atoms with E-state index in [1.807, 2.05) is 13.0 Å². The zero-order chi connectivity index (χ0) is 17.5. The van der Waals surface area contributed by atoms with Gasteiger partial charge in [-0.15, -0.1) is 0 Å². The lowest BCUT2D eigenvalue weighted by Crippen LogP contribution is -2.26. The van der Waals surface area contributed by atoms with Gasteiger partial charge >= 0.3 is 5.97 Å². The summed E-state index contributed by atoms with van der Waals surface area (Å²) >= 11 is 0. The molecule has 0 fully saturated rings. The fourth-order valence-corrected chi connectivity index (χ4v) is 2.50. The highest BCUT2D eigenvalue weighted by Gasteiger charge is 2.10. The number of carboxylic acids is 1. The maximum absolute atomic E-state index is 10.9. The van der Waals surface area contributed by atoms with Gasteiger partial charge in [-0.05, 0) is 44.0 Å². The first kappa shape index (κ1) is 17.7. The first-order chi connectivity index (χ1) is 11.5. The molecular formula is C18H24N4O2. The fraction of sp³-hybridized carbons (Fsp3) is 0.389. The van der Waals surface area contributed by atoms with Crippen LogP contribution in [0.25, 0.3) is 0 Å². The van der Waals surface area contributed by atoms with Crippen molar-refractivity contribution in [2.45, 2.75) is 33.6 Å². The van der Waals surface area contributed by atoms with Gasteiger partial charge in [0.25, 0.3) is 0 Å². The molecular weight excluding hydrogens is 304 g/mol. The van der Waals surface area contributed by atoms with Crippen molar-refractivity contribution in [3.63, 3.8) is 0 Å². The van der Waals surface area contributed by atoms with Crippen molar-refractivity contribution in [1.82, 2.24) is 9.97 Å². The second-order valence-electron chi connectivity index (χ2n) is 5.65.